The second-order valence-electron chi connectivity index (χ2n) is 7.63. The molecule has 2 aliphatic heterocycles. The minimum absolute atomic E-state index is 0.0190. The lowest BCUT2D eigenvalue weighted by molar-refractivity contribution is -0.146. The predicted molar refractivity (Wildman–Crippen MR) is 114 cm³/mol. The van der Waals surface area contributed by atoms with Gasteiger partial charge in [-0.25, -0.2) is 0 Å². The monoisotopic (exact) mass is 423 g/mol. The van der Waals surface area contributed by atoms with Crippen molar-refractivity contribution in [3.63, 3.8) is 0 Å². The normalized spacial score (nSPS) is 17.8. The first-order chi connectivity index (χ1) is 15.0. The number of rotatable bonds is 4. The number of carbonyl (C=O) groups excluding carboxylic acids is 3. The second-order valence-corrected chi connectivity index (χ2v) is 7.63. The molecule has 0 saturated carbocycles. The number of nitrogens with one attached hydrogen (secondary N) is 1. The number of ether oxygens (including phenoxy) is 2. The van der Waals surface area contributed by atoms with Crippen molar-refractivity contribution in [3.05, 3.63) is 54.1 Å². The SMILES string of the molecule is CC(=O)Nc1ccc(CC(=O)N2CCN(C(=O)[C@@H]3COc4ccccc4O3)CC2)cc1. The minimum Gasteiger partial charge on any atom is -0.485 e. The lowest BCUT2D eigenvalue weighted by Crippen LogP contribution is -2.55. The van der Waals surface area contributed by atoms with Gasteiger partial charge in [0.05, 0.1) is 6.42 Å². The van der Waals surface area contributed by atoms with Crippen LogP contribution in [0.2, 0.25) is 0 Å². The van der Waals surface area contributed by atoms with E-state index in [4.69, 9.17) is 9.47 Å². The molecular weight excluding hydrogens is 398 g/mol. The van der Waals surface area contributed by atoms with Gasteiger partial charge in [0.15, 0.2) is 11.5 Å². The molecule has 4 rings (SSSR count). The van der Waals surface area contributed by atoms with Crippen LogP contribution < -0.4 is 14.8 Å². The fraction of sp³-hybridized carbons (Fsp3) is 0.348. The van der Waals surface area contributed by atoms with Gasteiger partial charge < -0.3 is 24.6 Å². The molecule has 0 radical (unpaired) electrons. The van der Waals surface area contributed by atoms with Gasteiger partial charge in [0.2, 0.25) is 17.9 Å². The van der Waals surface area contributed by atoms with Crippen molar-refractivity contribution in [2.24, 2.45) is 0 Å². The molecule has 0 aromatic heterocycles. The summed E-state index contributed by atoms with van der Waals surface area (Å²) in [6.45, 7) is 3.54. The zero-order valence-corrected chi connectivity index (χ0v) is 17.4. The van der Waals surface area contributed by atoms with Crippen LogP contribution in [-0.2, 0) is 20.8 Å². The van der Waals surface area contributed by atoms with Crippen molar-refractivity contribution in [3.8, 4) is 11.5 Å². The summed E-state index contributed by atoms with van der Waals surface area (Å²) < 4.78 is 11.5. The van der Waals surface area contributed by atoms with Gasteiger partial charge in [-0.1, -0.05) is 24.3 Å². The van der Waals surface area contributed by atoms with Crippen molar-refractivity contribution < 1.29 is 23.9 Å². The minimum atomic E-state index is -0.667. The third-order valence-electron chi connectivity index (χ3n) is 5.36. The first kappa shape index (κ1) is 20.7. The molecule has 0 aliphatic carbocycles. The molecule has 0 unspecified atom stereocenters. The van der Waals surface area contributed by atoms with E-state index in [1.807, 2.05) is 30.3 Å². The van der Waals surface area contributed by atoms with Gasteiger partial charge in [-0.15, -0.1) is 0 Å². The van der Waals surface area contributed by atoms with Gasteiger partial charge in [-0.3, -0.25) is 14.4 Å². The molecule has 2 heterocycles. The average Bonchev–Trinajstić information content (AvgIpc) is 2.79. The smallest absolute Gasteiger partial charge is 0.267 e. The zero-order valence-electron chi connectivity index (χ0n) is 17.4. The van der Waals surface area contributed by atoms with Crippen molar-refractivity contribution in [1.82, 2.24) is 9.80 Å². The number of piperazine rings is 1. The Kier molecular flexibility index (Phi) is 6.06. The van der Waals surface area contributed by atoms with Crippen LogP contribution in [0.25, 0.3) is 0 Å². The molecule has 0 spiro atoms. The average molecular weight is 423 g/mol. The third-order valence-corrected chi connectivity index (χ3v) is 5.36. The lowest BCUT2D eigenvalue weighted by Gasteiger charge is -2.37. The van der Waals surface area contributed by atoms with Crippen LogP contribution >= 0.6 is 0 Å². The summed E-state index contributed by atoms with van der Waals surface area (Å²) in [4.78, 5) is 40.1. The molecular formula is C23H25N3O5. The number of nitrogens with zero attached hydrogens (tertiary/aromatic N) is 2. The maximum atomic E-state index is 12.8. The van der Waals surface area contributed by atoms with E-state index in [2.05, 4.69) is 5.32 Å². The number of hydrogen-bond acceptors (Lipinski definition) is 5. The molecule has 1 saturated heterocycles. The summed E-state index contributed by atoms with van der Waals surface area (Å²) in [6, 6.07) is 14.5. The van der Waals surface area contributed by atoms with Crippen LogP contribution in [0.5, 0.6) is 11.5 Å². The van der Waals surface area contributed by atoms with E-state index in [0.717, 1.165) is 5.56 Å². The molecule has 0 bridgehead atoms. The second kappa shape index (κ2) is 9.07. The van der Waals surface area contributed by atoms with E-state index in [1.54, 1.807) is 28.0 Å². The molecule has 8 heteroatoms. The van der Waals surface area contributed by atoms with Crippen molar-refractivity contribution in [1.29, 1.82) is 0 Å². The van der Waals surface area contributed by atoms with Crippen LogP contribution in [0.15, 0.2) is 48.5 Å². The summed E-state index contributed by atoms with van der Waals surface area (Å²) >= 11 is 0. The Morgan fingerprint density at radius 1 is 0.935 bits per heavy atom. The zero-order chi connectivity index (χ0) is 21.8. The van der Waals surface area contributed by atoms with Gasteiger partial charge in [0.25, 0.3) is 5.91 Å². The van der Waals surface area contributed by atoms with Gasteiger partial charge in [-0.2, -0.15) is 0 Å². The summed E-state index contributed by atoms with van der Waals surface area (Å²) in [5.74, 6) is 0.990. The van der Waals surface area contributed by atoms with Crippen LogP contribution in [0.1, 0.15) is 12.5 Å². The number of fused-ring (bicyclic) bond motifs is 1. The fourth-order valence-corrected chi connectivity index (χ4v) is 3.72. The highest BCUT2D eigenvalue weighted by atomic mass is 16.6. The standard InChI is InChI=1S/C23H25N3O5/c1-16(27)24-18-8-6-17(7-9-18)14-22(28)25-10-12-26(13-11-25)23(29)21-15-30-19-4-2-3-5-20(19)31-21/h2-9,21H,10-15H2,1H3,(H,24,27)/t21-/m0/s1. The van der Waals surface area contributed by atoms with E-state index in [9.17, 15) is 14.4 Å². The summed E-state index contributed by atoms with van der Waals surface area (Å²) in [5, 5.41) is 2.71. The van der Waals surface area contributed by atoms with E-state index in [0.29, 0.717) is 43.4 Å². The van der Waals surface area contributed by atoms with Crippen molar-refractivity contribution >= 4 is 23.4 Å². The Bertz CT molecular complexity index is 967. The van der Waals surface area contributed by atoms with Crippen LogP contribution in [0.3, 0.4) is 0 Å². The maximum Gasteiger partial charge on any atom is 0.267 e. The lowest BCUT2D eigenvalue weighted by atomic mass is 10.1. The highest BCUT2D eigenvalue weighted by Gasteiger charge is 2.33. The summed E-state index contributed by atoms with van der Waals surface area (Å²) in [5.41, 5.74) is 1.58. The Labute approximate surface area is 180 Å². The van der Waals surface area contributed by atoms with Crippen LogP contribution in [0.4, 0.5) is 5.69 Å². The highest BCUT2D eigenvalue weighted by Crippen LogP contribution is 2.31. The van der Waals surface area contributed by atoms with E-state index < -0.39 is 6.10 Å². The predicted octanol–water partition coefficient (Wildman–Crippen LogP) is 1.70. The molecule has 8 nitrogen and oxygen atoms in total. The molecule has 162 valence electrons. The van der Waals surface area contributed by atoms with Gasteiger partial charge in [0, 0.05) is 38.8 Å². The van der Waals surface area contributed by atoms with Crippen LogP contribution in [0, 0.1) is 0 Å². The summed E-state index contributed by atoms with van der Waals surface area (Å²) in [6.07, 6.45) is -0.385. The van der Waals surface area contributed by atoms with Gasteiger partial charge >= 0.3 is 0 Å². The Morgan fingerprint density at radius 2 is 1.58 bits per heavy atom. The maximum absolute atomic E-state index is 12.8. The number of benzene rings is 2. The number of hydrogen-bond donors (Lipinski definition) is 1. The Balaban J connectivity index is 1.27. The largest absolute Gasteiger partial charge is 0.485 e. The highest BCUT2D eigenvalue weighted by molar-refractivity contribution is 5.88. The van der Waals surface area contributed by atoms with Gasteiger partial charge in [-0.05, 0) is 29.8 Å². The Morgan fingerprint density at radius 3 is 2.26 bits per heavy atom. The molecule has 1 atom stereocenters. The third kappa shape index (κ3) is 4.96. The quantitative estimate of drug-likeness (QED) is 0.809. The van der Waals surface area contributed by atoms with Crippen LogP contribution in [-0.4, -0.2) is 66.4 Å². The number of carbonyl (C=O) groups is 3. The molecule has 2 aromatic rings. The first-order valence-corrected chi connectivity index (χ1v) is 10.3. The fourth-order valence-electron chi connectivity index (χ4n) is 3.72. The van der Waals surface area contributed by atoms with Crippen molar-refractivity contribution in [2.45, 2.75) is 19.4 Å². The molecule has 3 amide bonds. The number of para-hydroxylation sites is 2. The molecule has 2 aliphatic rings. The topological polar surface area (TPSA) is 88.2 Å². The molecule has 2 aromatic carbocycles. The summed E-state index contributed by atoms with van der Waals surface area (Å²) in [7, 11) is 0. The Hall–Kier alpha value is -3.55. The van der Waals surface area contributed by atoms with E-state index >= 15 is 0 Å². The van der Waals surface area contributed by atoms with Crippen molar-refractivity contribution in [2.75, 3.05) is 38.1 Å². The molecule has 31 heavy (non-hydrogen) atoms. The van der Waals surface area contributed by atoms with Gasteiger partial charge in [0.1, 0.15) is 6.61 Å². The first-order valence-electron chi connectivity index (χ1n) is 10.3. The number of anilines is 1. The number of amides is 3. The molecule has 1 N–H and O–H groups in total. The molecule has 1 fully saturated rings. The van der Waals surface area contributed by atoms with E-state index in [-0.39, 0.29) is 30.7 Å². The van der Waals surface area contributed by atoms with E-state index in [1.165, 1.54) is 6.92 Å².